The molecular weight excluding hydrogens is 342 g/mol. The van der Waals surface area contributed by atoms with Crippen LogP contribution in [0.1, 0.15) is 35.7 Å². The number of amides is 2. The zero-order valence-corrected chi connectivity index (χ0v) is 15.4. The van der Waals surface area contributed by atoms with Gasteiger partial charge in [-0.2, -0.15) is 0 Å². The van der Waals surface area contributed by atoms with E-state index in [1.54, 1.807) is 12.1 Å². The van der Waals surface area contributed by atoms with Crippen molar-refractivity contribution >= 4 is 23.4 Å². The van der Waals surface area contributed by atoms with E-state index in [0.717, 1.165) is 35.9 Å². The second-order valence-corrected chi connectivity index (χ2v) is 7.03. The molecule has 0 aliphatic carbocycles. The number of anilines is 2. The van der Waals surface area contributed by atoms with E-state index in [9.17, 15) is 9.59 Å². The lowest BCUT2D eigenvalue weighted by atomic mass is 9.99. The van der Waals surface area contributed by atoms with E-state index in [-0.39, 0.29) is 11.6 Å². The van der Waals surface area contributed by atoms with Crippen molar-refractivity contribution in [2.75, 3.05) is 23.3 Å². The van der Waals surface area contributed by atoms with Crippen LogP contribution >= 0.6 is 0 Å². The first-order valence-electron chi connectivity index (χ1n) is 9.23. The summed E-state index contributed by atoms with van der Waals surface area (Å²) in [6, 6.07) is 14.1. The van der Waals surface area contributed by atoms with Gasteiger partial charge in [-0.1, -0.05) is 25.1 Å². The third-order valence-corrected chi connectivity index (χ3v) is 4.91. The van der Waals surface area contributed by atoms with Crippen molar-refractivity contribution in [2.45, 2.75) is 26.3 Å². The first-order valence-corrected chi connectivity index (χ1v) is 9.23. The predicted molar refractivity (Wildman–Crippen MR) is 106 cm³/mol. The molecular formula is C21H25N3O3. The van der Waals surface area contributed by atoms with Crippen molar-refractivity contribution in [3.8, 4) is 0 Å². The fraction of sp³-hybridized carbons (Fsp3) is 0.333. The first kappa shape index (κ1) is 18.8. The van der Waals surface area contributed by atoms with Gasteiger partial charge in [-0.3, -0.25) is 0 Å². The Bertz CT molecular complexity index is 797. The van der Waals surface area contributed by atoms with Gasteiger partial charge in [0.15, 0.2) is 0 Å². The molecule has 1 aliphatic heterocycles. The monoisotopic (exact) mass is 367 g/mol. The van der Waals surface area contributed by atoms with Gasteiger partial charge in [0.2, 0.25) is 0 Å². The van der Waals surface area contributed by atoms with E-state index >= 15 is 0 Å². The number of carbonyl (C=O) groups excluding carboxylic acids is 1. The van der Waals surface area contributed by atoms with Crippen LogP contribution in [0.15, 0.2) is 48.5 Å². The highest BCUT2D eigenvalue weighted by molar-refractivity contribution is 5.90. The number of rotatable bonds is 5. The van der Waals surface area contributed by atoms with Gasteiger partial charge in [-0.05, 0) is 54.7 Å². The molecule has 2 aromatic carbocycles. The Morgan fingerprint density at radius 3 is 2.48 bits per heavy atom. The highest BCUT2D eigenvalue weighted by Gasteiger charge is 2.16. The maximum absolute atomic E-state index is 12.2. The number of nitrogens with zero attached hydrogens (tertiary/aromatic N) is 1. The van der Waals surface area contributed by atoms with E-state index in [2.05, 4.69) is 28.5 Å². The van der Waals surface area contributed by atoms with Crippen LogP contribution in [0.2, 0.25) is 0 Å². The number of carboxylic acid groups (broad SMARTS) is 1. The molecule has 1 fully saturated rings. The molecule has 0 spiro atoms. The summed E-state index contributed by atoms with van der Waals surface area (Å²) < 4.78 is 0. The van der Waals surface area contributed by atoms with E-state index in [1.807, 2.05) is 18.2 Å². The Labute approximate surface area is 159 Å². The van der Waals surface area contributed by atoms with Crippen molar-refractivity contribution in [1.29, 1.82) is 0 Å². The summed E-state index contributed by atoms with van der Waals surface area (Å²) in [5, 5.41) is 14.6. The first-order chi connectivity index (χ1) is 13.0. The number of piperidine rings is 1. The molecule has 1 aliphatic rings. The molecule has 0 bridgehead atoms. The number of urea groups is 1. The summed E-state index contributed by atoms with van der Waals surface area (Å²) in [7, 11) is 0. The Balaban J connectivity index is 1.53. The van der Waals surface area contributed by atoms with Crippen LogP contribution in [-0.4, -0.2) is 30.2 Å². The average Bonchev–Trinajstić information content (AvgIpc) is 2.67. The van der Waals surface area contributed by atoms with Crippen molar-refractivity contribution in [2.24, 2.45) is 5.92 Å². The average molecular weight is 367 g/mol. The van der Waals surface area contributed by atoms with Crippen LogP contribution < -0.4 is 15.5 Å². The summed E-state index contributed by atoms with van der Waals surface area (Å²) in [5.41, 5.74) is 2.95. The summed E-state index contributed by atoms with van der Waals surface area (Å²) in [6.45, 7) is 4.70. The van der Waals surface area contributed by atoms with Crippen LogP contribution in [0.3, 0.4) is 0 Å². The second-order valence-electron chi connectivity index (χ2n) is 7.03. The SMILES string of the molecule is CC1CCN(c2cccc(NC(=O)NCc3ccc(C(=O)O)cc3)c2)CC1. The lowest BCUT2D eigenvalue weighted by Gasteiger charge is -2.32. The minimum Gasteiger partial charge on any atom is -0.478 e. The molecule has 0 aromatic heterocycles. The minimum absolute atomic E-state index is 0.229. The van der Waals surface area contributed by atoms with Crippen molar-refractivity contribution in [3.05, 3.63) is 59.7 Å². The fourth-order valence-electron chi connectivity index (χ4n) is 3.17. The molecule has 0 unspecified atom stereocenters. The number of aromatic carboxylic acids is 1. The molecule has 1 saturated heterocycles. The predicted octanol–water partition coefficient (Wildman–Crippen LogP) is 3.94. The van der Waals surface area contributed by atoms with Gasteiger partial charge in [0, 0.05) is 31.0 Å². The zero-order valence-electron chi connectivity index (χ0n) is 15.4. The lowest BCUT2D eigenvalue weighted by molar-refractivity contribution is 0.0697. The Morgan fingerprint density at radius 2 is 1.81 bits per heavy atom. The summed E-state index contributed by atoms with van der Waals surface area (Å²) in [5.74, 6) is -0.187. The van der Waals surface area contributed by atoms with Crippen LogP contribution in [0.4, 0.5) is 16.2 Å². The zero-order chi connectivity index (χ0) is 19.2. The summed E-state index contributed by atoms with van der Waals surface area (Å²) in [6.07, 6.45) is 2.39. The lowest BCUT2D eigenvalue weighted by Crippen LogP contribution is -2.33. The van der Waals surface area contributed by atoms with E-state index < -0.39 is 5.97 Å². The molecule has 2 aromatic rings. The van der Waals surface area contributed by atoms with Gasteiger partial charge < -0.3 is 20.6 Å². The maximum Gasteiger partial charge on any atom is 0.335 e. The van der Waals surface area contributed by atoms with Gasteiger partial charge in [0.1, 0.15) is 0 Å². The molecule has 142 valence electrons. The molecule has 0 atom stereocenters. The van der Waals surface area contributed by atoms with E-state index in [1.165, 1.54) is 25.0 Å². The van der Waals surface area contributed by atoms with Gasteiger partial charge in [0.05, 0.1) is 5.56 Å². The summed E-state index contributed by atoms with van der Waals surface area (Å²) >= 11 is 0. The highest BCUT2D eigenvalue weighted by Crippen LogP contribution is 2.25. The molecule has 1 heterocycles. The Hall–Kier alpha value is -3.02. The van der Waals surface area contributed by atoms with Crippen molar-refractivity contribution < 1.29 is 14.7 Å². The molecule has 3 N–H and O–H groups in total. The van der Waals surface area contributed by atoms with Gasteiger partial charge in [-0.15, -0.1) is 0 Å². The maximum atomic E-state index is 12.2. The van der Waals surface area contributed by atoms with Gasteiger partial charge in [0.25, 0.3) is 0 Å². The molecule has 6 heteroatoms. The quantitative estimate of drug-likeness (QED) is 0.747. The molecule has 0 radical (unpaired) electrons. The highest BCUT2D eigenvalue weighted by atomic mass is 16.4. The van der Waals surface area contributed by atoms with E-state index in [0.29, 0.717) is 6.54 Å². The smallest absolute Gasteiger partial charge is 0.335 e. The number of hydrogen-bond acceptors (Lipinski definition) is 3. The van der Waals surface area contributed by atoms with Crippen LogP contribution in [-0.2, 0) is 6.54 Å². The van der Waals surface area contributed by atoms with Crippen LogP contribution in [0, 0.1) is 5.92 Å². The second kappa shape index (κ2) is 8.58. The van der Waals surface area contributed by atoms with Crippen molar-refractivity contribution in [1.82, 2.24) is 5.32 Å². The number of carboxylic acids is 1. The molecule has 6 nitrogen and oxygen atoms in total. The number of hydrogen-bond donors (Lipinski definition) is 3. The molecule has 3 rings (SSSR count). The molecule has 0 saturated carbocycles. The summed E-state index contributed by atoms with van der Waals surface area (Å²) in [4.78, 5) is 25.4. The number of benzene rings is 2. The van der Waals surface area contributed by atoms with Crippen molar-refractivity contribution in [3.63, 3.8) is 0 Å². The Morgan fingerprint density at radius 1 is 1.11 bits per heavy atom. The molecule has 27 heavy (non-hydrogen) atoms. The number of nitrogens with one attached hydrogen (secondary N) is 2. The largest absolute Gasteiger partial charge is 0.478 e. The number of carbonyl (C=O) groups is 2. The Kier molecular flexibility index (Phi) is 5.96. The fourth-order valence-corrected chi connectivity index (χ4v) is 3.17. The van der Waals surface area contributed by atoms with E-state index in [4.69, 9.17) is 5.11 Å². The normalized spacial score (nSPS) is 14.6. The van der Waals surface area contributed by atoms with Gasteiger partial charge >= 0.3 is 12.0 Å². The van der Waals surface area contributed by atoms with Crippen LogP contribution in [0.25, 0.3) is 0 Å². The third-order valence-electron chi connectivity index (χ3n) is 4.91. The minimum atomic E-state index is -0.963. The molecule has 2 amide bonds. The standard InChI is InChI=1S/C21H25N3O3/c1-15-9-11-24(12-10-15)19-4-2-3-18(13-19)23-21(27)22-14-16-5-7-17(8-6-16)20(25)26/h2-8,13,15H,9-12,14H2,1H3,(H,25,26)(H2,22,23,27). The van der Waals surface area contributed by atoms with Gasteiger partial charge in [-0.25, -0.2) is 9.59 Å². The third kappa shape index (κ3) is 5.23. The van der Waals surface area contributed by atoms with Crippen LogP contribution in [0.5, 0.6) is 0 Å². The topological polar surface area (TPSA) is 81.7 Å².